The summed E-state index contributed by atoms with van der Waals surface area (Å²) >= 11 is 0. The van der Waals surface area contributed by atoms with Crippen LogP contribution in [0.25, 0.3) is 0 Å². The first-order chi connectivity index (χ1) is 13.8. The van der Waals surface area contributed by atoms with Crippen LogP contribution in [0.2, 0.25) is 0 Å². The van der Waals surface area contributed by atoms with Crippen LogP contribution in [0.15, 0.2) is 59.5 Å². The summed E-state index contributed by atoms with van der Waals surface area (Å²) in [5.41, 5.74) is 0.554. The van der Waals surface area contributed by atoms with Gasteiger partial charge in [-0.25, -0.2) is 17.5 Å². The van der Waals surface area contributed by atoms with Crippen molar-refractivity contribution < 1.29 is 27.5 Å². The van der Waals surface area contributed by atoms with E-state index in [0.29, 0.717) is 9.99 Å². The van der Waals surface area contributed by atoms with Gasteiger partial charge in [-0.15, -0.1) is 0 Å². The highest BCUT2D eigenvalue weighted by Gasteiger charge is 2.44. The molecular formula is C20H20N2O6S. The van der Waals surface area contributed by atoms with E-state index in [0.717, 1.165) is 0 Å². The van der Waals surface area contributed by atoms with E-state index in [2.05, 4.69) is 5.32 Å². The first-order valence-corrected chi connectivity index (χ1v) is 10.5. The number of hydrogen-bond acceptors (Lipinski definition) is 6. The average Bonchev–Trinajstić information content (AvgIpc) is 3.11. The number of nitrogens with zero attached hydrogens (tertiary/aromatic N) is 1. The molecule has 1 atom stereocenters. The maximum absolute atomic E-state index is 12.9. The van der Waals surface area contributed by atoms with Crippen molar-refractivity contribution in [3.63, 3.8) is 0 Å². The molecule has 1 fully saturated rings. The van der Waals surface area contributed by atoms with E-state index in [1.54, 1.807) is 43.3 Å². The first-order valence-electron chi connectivity index (χ1n) is 9.05. The molecule has 1 aliphatic rings. The molecule has 9 heteroatoms. The zero-order chi connectivity index (χ0) is 21.0. The molecule has 1 heterocycles. The van der Waals surface area contributed by atoms with E-state index in [-0.39, 0.29) is 29.9 Å². The fraction of sp³-hybridized carbons (Fsp3) is 0.250. The minimum absolute atomic E-state index is 0.0486. The summed E-state index contributed by atoms with van der Waals surface area (Å²) in [6, 6.07) is 12.4. The molecule has 0 unspecified atom stereocenters. The largest absolute Gasteiger partial charge is 0.462 e. The SMILES string of the molecule is CCOC(=O)c1cccc(NC(=O)[C@H]2CCC(=O)N2S(=O)(=O)c2ccccc2)c1. The number of nitrogens with one attached hydrogen (secondary N) is 1. The molecule has 29 heavy (non-hydrogen) atoms. The summed E-state index contributed by atoms with van der Waals surface area (Å²) in [5, 5.41) is 2.59. The van der Waals surface area contributed by atoms with Crippen molar-refractivity contribution in [2.45, 2.75) is 30.7 Å². The molecule has 152 valence electrons. The lowest BCUT2D eigenvalue weighted by molar-refractivity contribution is -0.128. The van der Waals surface area contributed by atoms with E-state index >= 15 is 0 Å². The van der Waals surface area contributed by atoms with Crippen LogP contribution >= 0.6 is 0 Å². The Hall–Kier alpha value is -3.20. The number of hydrogen-bond donors (Lipinski definition) is 1. The number of anilines is 1. The van der Waals surface area contributed by atoms with Crippen LogP contribution in [0.3, 0.4) is 0 Å². The minimum Gasteiger partial charge on any atom is -0.462 e. The zero-order valence-electron chi connectivity index (χ0n) is 15.7. The monoisotopic (exact) mass is 416 g/mol. The van der Waals surface area contributed by atoms with Crippen molar-refractivity contribution in [3.8, 4) is 0 Å². The van der Waals surface area contributed by atoms with Crippen molar-refractivity contribution >= 4 is 33.5 Å². The number of amides is 2. The highest BCUT2D eigenvalue weighted by Crippen LogP contribution is 2.28. The third kappa shape index (κ3) is 4.29. The molecule has 0 bridgehead atoms. The number of esters is 1. The Labute approximate surface area is 168 Å². The maximum Gasteiger partial charge on any atom is 0.338 e. The topological polar surface area (TPSA) is 110 Å². The standard InChI is InChI=1S/C20H20N2O6S/c1-2-28-20(25)14-7-6-8-15(13-14)21-19(24)17-11-12-18(23)22(17)29(26,27)16-9-4-3-5-10-16/h3-10,13,17H,2,11-12H2,1H3,(H,21,24)/t17-/m1/s1. The molecule has 2 aromatic rings. The quantitative estimate of drug-likeness (QED) is 0.723. The van der Waals surface area contributed by atoms with Crippen molar-refractivity contribution in [1.82, 2.24) is 4.31 Å². The summed E-state index contributed by atoms with van der Waals surface area (Å²) < 4.78 is 31.4. The van der Waals surface area contributed by atoms with Gasteiger partial charge in [0.25, 0.3) is 10.0 Å². The summed E-state index contributed by atoms with van der Waals surface area (Å²) in [6.07, 6.45) is 0.0291. The summed E-state index contributed by atoms with van der Waals surface area (Å²) in [6.45, 7) is 1.90. The van der Waals surface area contributed by atoms with E-state index < -0.39 is 33.8 Å². The van der Waals surface area contributed by atoms with Crippen LogP contribution < -0.4 is 5.32 Å². The van der Waals surface area contributed by atoms with Crippen molar-refractivity contribution in [2.75, 3.05) is 11.9 Å². The predicted octanol–water partition coefficient (Wildman–Crippen LogP) is 2.18. The second-order valence-electron chi connectivity index (χ2n) is 6.35. The lowest BCUT2D eigenvalue weighted by Crippen LogP contribution is -2.45. The van der Waals surface area contributed by atoms with Gasteiger partial charge in [0.2, 0.25) is 11.8 Å². The van der Waals surface area contributed by atoms with Crippen LogP contribution in [0.4, 0.5) is 5.69 Å². The molecule has 2 amide bonds. The Bertz CT molecular complexity index is 1040. The summed E-state index contributed by atoms with van der Waals surface area (Å²) in [4.78, 5) is 36.8. The van der Waals surface area contributed by atoms with Gasteiger partial charge in [-0.1, -0.05) is 24.3 Å². The Morgan fingerprint density at radius 2 is 1.86 bits per heavy atom. The van der Waals surface area contributed by atoms with Crippen LogP contribution in [-0.2, 0) is 24.3 Å². The van der Waals surface area contributed by atoms with Gasteiger partial charge >= 0.3 is 5.97 Å². The lowest BCUT2D eigenvalue weighted by atomic mass is 10.1. The minimum atomic E-state index is -4.15. The zero-order valence-corrected chi connectivity index (χ0v) is 16.5. The molecule has 1 aliphatic heterocycles. The predicted molar refractivity (Wildman–Crippen MR) is 105 cm³/mol. The van der Waals surface area contributed by atoms with Gasteiger partial charge in [0, 0.05) is 12.1 Å². The van der Waals surface area contributed by atoms with Gasteiger partial charge in [0.15, 0.2) is 0 Å². The fourth-order valence-electron chi connectivity index (χ4n) is 3.07. The summed E-state index contributed by atoms with van der Waals surface area (Å²) in [5.74, 6) is -1.81. The molecule has 0 aromatic heterocycles. The number of carbonyl (C=O) groups excluding carboxylic acids is 3. The number of sulfonamides is 1. The molecule has 0 saturated carbocycles. The second-order valence-corrected chi connectivity index (χ2v) is 8.17. The number of benzene rings is 2. The Kier molecular flexibility index (Phi) is 5.97. The lowest BCUT2D eigenvalue weighted by Gasteiger charge is -2.23. The van der Waals surface area contributed by atoms with Gasteiger partial charge in [0.05, 0.1) is 17.1 Å². The van der Waals surface area contributed by atoms with Gasteiger partial charge in [-0.05, 0) is 43.7 Å². The van der Waals surface area contributed by atoms with Crippen molar-refractivity contribution in [3.05, 3.63) is 60.2 Å². The number of ether oxygens (including phenoxy) is 1. The molecule has 3 rings (SSSR count). The molecule has 1 N–H and O–H groups in total. The Balaban J connectivity index is 1.83. The van der Waals surface area contributed by atoms with Crippen LogP contribution in [0.1, 0.15) is 30.1 Å². The highest BCUT2D eigenvalue weighted by molar-refractivity contribution is 7.89. The van der Waals surface area contributed by atoms with Crippen molar-refractivity contribution in [1.29, 1.82) is 0 Å². The van der Waals surface area contributed by atoms with Crippen LogP contribution in [0, 0.1) is 0 Å². The van der Waals surface area contributed by atoms with Crippen molar-refractivity contribution in [2.24, 2.45) is 0 Å². The third-order valence-electron chi connectivity index (χ3n) is 4.40. The molecular weight excluding hydrogens is 396 g/mol. The van der Waals surface area contributed by atoms with Crippen LogP contribution in [-0.4, -0.2) is 43.2 Å². The molecule has 0 aliphatic carbocycles. The average molecular weight is 416 g/mol. The third-order valence-corrected chi connectivity index (χ3v) is 6.25. The van der Waals surface area contributed by atoms with Crippen LogP contribution in [0.5, 0.6) is 0 Å². The highest BCUT2D eigenvalue weighted by atomic mass is 32.2. The Morgan fingerprint density at radius 3 is 2.55 bits per heavy atom. The number of carbonyl (C=O) groups is 3. The van der Waals surface area contributed by atoms with Gasteiger partial charge in [-0.2, -0.15) is 0 Å². The maximum atomic E-state index is 12.9. The molecule has 1 saturated heterocycles. The fourth-order valence-corrected chi connectivity index (χ4v) is 4.69. The smallest absolute Gasteiger partial charge is 0.338 e. The molecule has 0 spiro atoms. The van der Waals surface area contributed by atoms with Gasteiger partial charge < -0.3 is 10.1 Å². The Morgan fingerprint density at radius 1 is 1.14 bits per heavy atom. The molecule has 8 nitrogen and oxygen atoms in total. The van der Waals surface area contributed by atoms with Gasteiger partial charge in [-0.3, -0.25) is 9.59 Å². The summed E-state index contributed by atoms with van der Waals surface area (Å²) in [7, 11) is -4.15. The van der Waals surface area contributed by atoms with E-state index in [1.165, 1.54) is 18.2 Å². The molecule has 2 aromatic carbocycles. The second kappa shape index (κ2) is 8.44. The number of rotatable bonds is 6. The van der Waals surface area contributed by atoms with E-state index in [9.17, 15) is 22.8 Å². The first kappa shape index (κ1) is 20.5. The normalized spacial score (nSPS) is 16.5. The van der Waals surface area contributed by atoms with Gasteiger partial charge in [0.1, 0.15) is 6.04 Å². The van der Waals surface area contributed by atoms with E-state index in [1.807, 2.05) is 0 Å². The molecule has 0 radical (unpaired) electrons. The van der Waals surface area contributed by atoms with E-state index in [4.69, 9.17) is 4.74 Å².